The zero-order chi connectivity index (χ0) is 21.5. The number of aryl methyl sites for hydroxylation is 1. The molecule has 0 aliphatic carbocycles. The third kappa shape index (κ3) is 3.88. The lowest BCUT2D eigenvalue weighted by Gasteiger charge is -2.12. The highest BCUT2D eigenvalue weighted by Gasteiger charge is 2.18. The Hall–Kier alpha value is -2.61. The van der Waals surface area contributed by atoms with Crippen molar-refractivity contribution in [2.24, 2.45) is 0 Å². The van der Waals surface area contributed by atoms with Gasteiger partial charge in [0.15, 0.2) is 0 Å². The SMILES string of the molecule is Cc1cccc(NS(=O)(=O)c2ccc3c(c2)sc(=O)n3Cc2ccccc2Cl)c1C. The summed E-state index contributed by atoms with van der Waals surface area (Å²) >= 11 is 7.25. The first-order chi connectivity index (χ1) is 14.3. The number of nitrogens with zero attached hydrogens (tertiary/aromatic N) is 1. The quantitative estimate of drug-likeness (QED) is 0.448. The number of hydrogen-bond donors (Lipinski definition) is 1. The number of hydrogen-bond acceptors (Lipinski definition) is 4. The van der Waals surface area contributed by atoms with Gasteiger partial charge in [-0.05, 0) is 60.9 Å². The number of sulfonamides is 1. The minimum Gasteiger partial charge on any atom is -0.294 e. The molecule has 0 fully saturated rings. The normalized spacial score (nSPS) is 11.7. The van der Waals surface area contributed by atoms with E-state index in [4.69, 9.17) is 11.6 Å². The summed E-state index contributed by atoms with van der Waals surface area (Å²) in [5, 5.41) is 0.584. The van der Waals surface area contributed by atoms with E-state index in [1.807, 2.05) is 44.2 Å². The van der Waals surface area contributed by atoms with Crippen LogP contribution < -0.4 is 9.60 Å². The smallest absolute Gasteiger partial charge is 0.294 e. The van der Waals surface area contributed by atoms with Gasteiger partial charge in [-0.1, -0.05) is 53.3 Å². The van der Waals surface area contributed by atoms with Gasteiger partial charge in [-0.25, -0.2) is 8.42 Å². The molecule has 30 heavy (non-hydrogen) atoms. The van der Waals surface area contributed by atoms with E-state index < -0.39 is 10.0 Å². The zero-order valence-electron chi connectivity index (χ0n) is 16.3. The fraction of sp³-hybridized carbons (Fsp3) is 0.136. The van der Waals surface area contributed by atoms with E-state index in [0.717, 1.165) is 28.0 Å². The van der Waals surface area contributed by atoms with Gasteiger partial charge in [0, 0.05) is 5.02 Å². The van der Waals surface area contributed by atoms with Crippen molar-refractivity contribution in [3.63, 3.8) is 0 Å². The molecule has 5 nitrogen and oxygen atoms in total. The van der Waals surface area contributed by atoms with E-state index >= 15 is 0 Å². The molecule has 1 heterocycles. The van der Waals surface area contributed by atoms with E-state index in [1.165, 1.54) is 12.1 Å². The Morgan fingerprint density at radius 2 is 1.80 bits per heavy atom. The number of halogens is 1. The maximum Gasteiger partial charge on any atom is 0.308 e. The number of benzene rings is 3. The summed E-state index contributed by atoms with van der Waals surface area (Å²) in [5.74, 6) is 0. The molecule has 4 aromatic rings. The maximum absolute atomic E-state index is 12.9. The number of anilines is 1. The lowest BCUT2D eigenvalue weighted by molar-refractivity contribution is 0.601. The zero-order valence-corrected chi connectivity index (χ0v) is 18.7. The lowest BCUT2D eigenvalue weighted by Crippen LogP contribution is -2.15. The fourth-order valence-electron chi connectivity index (χ4n) is 3.23. The summed E-state index contributed by atoms with van der Waals surface area (Å²) in [5.41, 5.74) is 3.92. The second-order valence-electron chi connectivity index (χ2n) is 7.03. The van der Waals surface area contributed by atoms with Crippen LogP contribution in [0.2, 0.25) is 5.02 Å². The van der Waals surface area contributed by atoms with Gasteiger partial charge < -0.3 is 0 Å². The Morgan fingerprint density at radius 3 is 2.57 bits per heavy atom. The van der Waals surface area contributed by atoms with E-state index in [2.05, 4.69) is 4.72 Å². The molecule has 0 spiro atoms. The van der Waals surface area contributed by atoms with Crippen LogP contribution in [-0.4, -0.2) is 13.0 Å². The minimum atomic E-state index is -3.79. The summed E-state index contributed by atoms with van der Waals surface area (Å²) in [7, 11) is -3.79. The van der Waals surface area contributed by atoms with Crippen molar-refractivity contribution in [3.8, 4) is 0 Å². The van der Waals surface area contributed by atoms with Crippen molar-refractivity contribution < 1.29 is 8.42 Å². The summed E-state index contributed by atoms with van der Waals surface area (Å²) in [6, 6.07) is 17.5. The molecule has 0 atom stereocenters. The van der Waals surface area contributed by atoms with Gasteiger partial charge in [0.05, 0.1) is 27.3 Å². The second kappa shape index (κ2) is 7.91. The van der Waals surface area contributed by atoms with E-state index in [9.17, 15) is 13.2 Å². The molecule has 1 N–H and O–H groups in total. The second-order valence-corrected chi connectivity index (χ2v) is 10.1. The molecule has 0 bridgehead atoms. The molecule has 4 rings (SSSR count). The van der Waals surface area contributed by atoms with Crippen molar-refractivity contribution in [1.29, 1.82) is 0 Å². The monoisotopic (exact) mass is 458 g/mol. The van der Waals surface area contributed by atoms with Crippen LogP contribution in [0.15, 0.2) is 70.4 Å². The first kappa shape index (κ1) is 20.7. The summed E-state index contributed by atoms with van der Waals surface area (Å²) in [6.45, 7) is 4.13. The van der Waals surface area contributed by atoms with Crippen LogP contribution in [0.25, 0.3) is 10.2 Å². The topological polar surface area (TPSA) is 68.2 Å². The molecular formula is C22H19ClN2O3S2. The van der Waals surface area contributed by atoms with E-state index in [-0.39, 0.29) is 9.77 Å². The maximum atomic E-state index is 12.9. The number of rotatable bonds is 5. The number of nitrogens with one attached hydrogen (secondary N) is 1. The van der Waals surface area contributed by atoms with Crippen LogP contribution in [-0.2, 0) is 16.6 Å². The molecule has 0 radical (unpaired) electrons. The number of fused-ring (bicyclic) bond motifs is 1. The molecule has 0 saturated heterocycles. The predicted octanol–water partition coefficient (Wildman–Crippen LogP) is 5.18. The summed E-state index contributed by atoms with van der Waals surface area (Å²) in [4.78, 5) is 12.5. The lowest BCUT2D eigenvalue weighted by atomic mass is 10.1. The highest BCUT2D eigenvalue weighted by Crippen LogP contribution is 2.26. The molecule has 0 aliphatic rings. The van der Waals surface area contributed by atoms with Gasteiger partial charge in [0.2, 0.25) is 0 Å². The molecule has 3 aromatic carbocycles. The molecule has 0 unspecified atom stereocenters. The number of aromatic nitrogens is 1. The Kier molecular flexibility index (Phi) is 5.44. The molecule has 0 aliphatic heterocycles. The van der Waals surface area contributed by atoms with Gasteiger partial charge >= 0.3 is 4.87 Å². The van der Waals surface area contributed by atoms with Crippen LogP contribution in [0.4, 0.5) is 5.69 Å². The van der Waals surface area contributed by atoms with Gasteiger partial charge in [0.25, 0.3) is 10.0 Å². The van der Waals surface area contributed by atoms with Crippen LogP contribution in [0.3, 0.4) is 0 Å². The Bertz CT molecular complexity index is 1420. The molecule has 0 saturated carbocycles. The Balaban J connectivity index is 1.71. The van der Waals surface area contributed by atoms with Crippen LogP contribution in [0.1, 0.15) is 16.7 Å². The highest BCUT2D eigenvalue weighted by atomic mass is 35.5. The van der Waals surface area contributed by atoms with E-state index in [0.29, 0.717) is 27.5 Å². The molecule has 154 valence electrons. The summed E-state index contributed by atoms with van der Waals surface area (Å²) in [6.07, 6.45) is 0. The third-order valence-corrected chi connectivity index (χ3v) is 7.76. The van der Waals surface area contributed by atoms with Crippen molar-refractivity contribution in [1.82, 2.24) is 4.57 Å². The molecule has 8 heteroatoms. The van der Waals surface area contributed by atoms with Crippen molar-refractivity contribution in [2.75, 3.05) is 4.72 Å². The standard InChI is InChI=1S/C22H19ClN2O3S2/c1-14-6-5-9-19(15(14)2)24-30(27,28)17-10-11-20-21(12-17)29-22(26)25(20)13-16-7-3-4-8-18(16)23/h3-12,24H,13H2,1-2H3. The third-order valence-electron chi connectivity index (χ3n) is 5.09. The van der Waals surface area contributed by atoms with Crippen molar-refractivity contribution in [2.45, 2.75) is 25.3 Å². The molecular weight excluding hydrogens is 440 g/mol. The largest absolute Gasteiger partial charge is 0.308 e. The van der Waals surface area contributed by atoms with Crippen LogP contribution >= 0.6 is 22.9 Å². The summed E-state index contributed by atoms with van der Waals surface area (Å²) < 4.78 is 30.7. The van der Waals surface area contributed by atoms with Gasteiger partial charge in [0.1, 0.15) is 0 Å². The van der Waals surface area contributed by atoms with E-state index in [1.54, 1.807) is 22.8 Å². The highest BCUT2D eigenvalue weighted by molar-refractivity contribution is 7.92. The first-order valence-electron chi connectivity index (χ1n) is 9.22. The average Bonchev–Trinajstić information content (AvgIpc) is 3.01. The van der Waals surface area contributed by atoms with Crippen LogP contribution in [0.5, 0.6) is 0 Å². The Labute approximate surface area is 183 Å². The van der Waals surface area contributed by atoms with Gasteiger partial charge in [-0.15, -0.1) is 0 Å². The molecule has 1 aromatic heterocycles. The predicted molar refractivity (Wildman–Crippen MR) is 123 cm³/mol. The van der Waals surface area contributed by atoms with Crippen LogP contribution in [0, 0.1) is 13.8 Å². The molecule has 0 amide bonds. The van der Waals surface area contributed by atoms with Gasteiger partial charge in [-0.3, -0.25) is 14.1 Å². The van der Waals surface area contributed by atoms with Crippen molar-refractivity contribution >= 4 is 48.9 Å². The average molecular weight is 459 g/mol. The number of thiazole rings is 1. The first-order valence-corrected chi connectivity index (χ1v) is 11.9. The fourth-order valence-corrected chi connectivity index (χ4v) is 5.57. The van der Waals surface area contributed by atoms with Crippen molar-refractivity contribution in [3.05, 3.63) is 92.0 Å². The van der Waals surface area contributed by atoms with Gasteiger partial charge in [-0.2, -0.15) is 0 Å². The Morgan fingerprint density at radius 1 is 1.03 bits per heavy atom. The minimum absolute atomic E-state index is 0.113.